The lowest BCUT2D eigenvalue weighted by Gasteiger charge is -2.23. The summed E-state index contributed by atoms with van der Waals surface area (Å²) in [6, 6.07) is 7.87. The summed E-state index contributed by atoms with van der Waals surface area (Å²) in [5.41, 5.74) is 0.730. The largest absolute Gasteiger partial charge is 0.349 e. The van der Waals surface area contributed by atoms with Crippen molar-refractivity contribution >= 4 is 52.3 Å². The molecule has 0 atom stereocenters. The van der Waals surface area contributed by atoms with Crippen LogP contribution in [0.25, 0.3) is 0 Å². The quantitative estimate of drug-likeness (QED) is 0.647. The number of hydrogen-bond acceptors (Lipinski definition) is 3. The maximum Gasteiger partial charge on any atom is 0.275 e. The number of nitrogens with one attached hydrogen (secondary N) is 2. The maximum atomic E-state index is 12.6. The van der Waals surface area contributed by atoms with Crippen LogP contribution in [0.15, 0.2) is 30.3 Å². The van der Waals surface area contributed by atoms with Crippen LogP contribution < -0.4 is 10.6 Å². The van der Waals surface area contributed by atoms with Crippen LogP contribution in [0.2, 0.25) is 15.2 Å². The Morgan fingerprint density at radius 3 is 2.37 bits per heavy atom. The van der Waals surface area contributed by atoms with Crippen LogP contribution in [0, 0.1) is 0 Å². The van der Waals surface area contributed by atoms with E-state index >= 15 is 0 Å². The second kappa shape index (κ2) is 8.91. The van der Waals surface area contributed by atoms with Gasteiger partial charge in [0, 0.05) is 11.7 Å². The molecule has 1 aromatic carbocycles. The Morgan fingerprint density at radius 2 is 1.63 bits per heavy atom. The molecule has 0 unspecified atom stereocenters. The molecule has 1 fully saturated rings. The number of pyridine rings is 1. The van der Waals surface area contributed by atoms with Crippen molar-refractivity contribution in [2.45, 2.75) is 38.1 Å². The van der Waals surface area contributed by atoms with Gasteiger partial charge in [-0.25, -0.2) is 4.98 Å². The van der Waals surface area contributed by atoms with Gasteiger partial charge in [-0.2, -0.15) is 0 Å². The topological polar surface area (TPSA) is 71.1 Å². The van der Waals surface area contributed by atoms with E-state index in [9.17, 15) is 9.59 Å². The summed E-state index contributed by atoms with van der Waals surface area (Å²) in [4.78, 5) is 28.9. The molecular weight excluding hydrogens is 409 g/mol. The fourth-order valence-electron chi connectivity index (χ4n) is 3.05. The van der Waals surface area contributed by atoms with Gasteiger partial charge in [0.25, 0.3) is 11.8 Å². The third-order valence-corrected chi connectivity index (χ3v) is 5.28. The van der Waals surface area contributed by atoms with E-state index in [-0.39, 0.29) is 27.8 Å². The molecule has 8 heteroatoms. The van der Waals surface area contributed by atoms with Crippen LogP contribution in [0.5, 0.6) is 0 Å². The molecule has 0 spiro atoms. The number of nitrogens with zero attached hydrogens (tertiary/aromatic N) is 1. The fraction of sp³-hybridized carbons (Fsp3) is 0.316. The molecule has 0 radical (unpaired) electrons. The van der Waals surface area contributed by atoms with Crippen molar-refractivity contribution in [3.05, 3.63) is 56.8 Å². The van der Waals surface area contributed by atoms with Crippen LogP contribution in [0.3, 0.4) is 0 Å². The minimum Gasteiger partial charge on any atom is -0.349 e. The monoisotopic (exact) mass is 425 g/mol. The highest BCUT2D eigenvalue weighted by Gasteiger charge is 2.19. The van der Waals surface area contributed by atoms with E-state index in [1.807, 2.05) is 0 Å². The molecule has 1 aliphatic carbocycles. The zero-order valence-corrected chi connectivity index (χ0v) is 16.7. The van der Waals surface area contributed by atoms with E-state index in [1.165, 1.54) is 24.6 Å². The van der Waals surface area contributed by atoms with Gasteiger partial charge in [-0.05, 0) is 43.2 Å². The van der Waals surface area contributed by atoms with E-state index in [4.69, 9.17) is 34.8 Å². The van der Waals surface area contributed by atoms with Gasteiger partial charge < -0.3 is 10.6 Å². The highest BCUT2D eigenvalue weighted by molar-refractivity contribution is 6.35. The number of benzene rings is 1. The first-order valence-corrected chi connectivity index (χ1v) is 9.81. The predicted molar refractivity (Wildman–Crippen MR) is 108 cm³/mol. The van der Waals surface area contributed by atoms with Gasteiger partial charge in [-0.15, -0.1) is 0 Å². The van der Waals surface area contributed by atoms with Crippen LogP contribution >= 0.6 is 34.8 Å². The second-order valence-corrected chi connectivity index (χ2v) is 7.62. The van der Waals surface area contributed by atoms with Gasteiger partial charge in [0.2, 0.25) is 0 Å². The molecule has 1 aliphatic rings. The molecule has 2 N–H and O–H groups in total. The van der Waals surface area contributed by atoms with E-state index in [1.54, 1.807) is 12.1 Å². The van der Waals surface area contributed by atoms with Crippen molar-refractivity contribution in [1.82, 2.24) is 10.3 Å². The number of amides is 2. The number of aromatic nitrogens is 1. The van der Waals surface area contributed by atoms with Gasteiger partial charge in [0.15, 0.2) is 0 Å². The van der Waals surface area contributed by atoms with Crippen molar-refractivity contribution in [2.24, 2.45) is 0 Å². The smallest absolute Gasteiger partial charge is 0.275 e. The van der Waals surface area contributed by atoms with Gasteiger partial charge >= 0.3 is 0 Å². The van der Waals surface area contributed by atoms with Gasteiger partial charge in [-0.3, -0.25) is 9.59 Å². The Hall–Kier alpha value is -1.82. The summed E-state index contributed by atoms with van der Waals surface area (Å²) in [5, 5.41) is 6.35. The number of anilines is 1. The number of carbonyl (C=O) groups is 2. The summed E-state index contributed by atoms with van der Waals surface area (Å²) in [6.45, 7) is 0. The third kappa shape index (κ3) is 5.12. The highest BCUT2D eigenvalue weighted by Crippen LogP contribution is 2.24. The molecule has 0 bridgehead atoms. The zero-order valence-electron chi connectivity index (χ0n) is 14.4. The molecule has 3 rings (SSSR count). The SMILES string of the molecule is O=C(NC1CCCCC1)c1cc(NC(=O)c2nc(Cl)ccc2Cl)ccc1Cl. The number of halogens is 3. The Bertz CT molecular complexity index is 867. The van der Waals surface area contributed by atoms with E-state index < -0.39 is 5.91 Å². The maximum absolute atomic E-state index is 12.6. The molecule has 1 aromatic heterocycles. The Kier molecular flexibility index (Phi) is 6.58. The van der Waals surface area contributed by atoms with Crippen LogP contribution in [0.1, 0.15) is 53.0 Å². The standard InChI is InChI=1S/C19H18Cl3N3O2/c20-14-7-6-12(24-19(27)17-15(21)8-9-16(22)25-17)10-13(14)18(26)23-11-4-2-1-3-5-11/h6-11H,1-5H2,(H,23,26)(H,24,27). The highest BCUT2D eigenvalue weighted by atomic mass is 35.5. The second-order valence-electron chi connectivity index (χ2n) is 6.42. The number of hydrogen-bond donors (Lipinski definition) is 2. The summed E-state index contributed by atoms with van der Waals surface area (Å²) in [5.74, 6) is -0.773. The van der Waals surface area contributed by atoms with Crippen molar-refractivity contribution < 1.29 is 9.59 Å². The first-order valence-electron chi connectivity index (χ1n) is 8.68. The number of carbonyl (C=O) groups excluding carboxylic acids is 2. The van der Waals surface area contributed by atoms with Crippen LogP contribution in [0.4, 0.5) is 5.69 Å². The van der Waals surface area contributed by atoms with Gasteiger partial charge in [0.05, 0.1) is 15.6 Å². The Morgan fingerprint density at radius 1 is 0.926 bits per heavy atom. The molecule has 2 aromatic rings. The molecule has 2 amide bonds. The average molecular weight is 427 g/mol. The summed E-state index contributed by atoms with van der Waals surface area (Å²) in [6.07, 6.45) is 5.37. The third-order valence-electron chi connectivity index (χ3n) is 4.44. The van der Waals surface area contributed by atoms with E-state index in [0.717, 1.165) is 25.7 Å². The van der Waals surface area contributed by atoms with Crippen molar-refractivity contribution in [2.75, 3.05) is 5.32 Å². The molecular formula is C19H18Cl3N3O2. The van der Waals surface area contributed by atoms with Crippen molar-refractivity contribution in [3.63, 3.8) is 0 Å². The van der Waals surface area contributed by atoms with Crippen LogP contribution in [-0.2, 0) is 0 Å². The predicted octanol–water partition coefficient (Wildman–Crippen LogP) is 5.36. The van der Waals surface area contributed by atoms with Crippen molar-refractivity contribution in [3.8, 4) is 0 Å². The normalized spacial score (nSPS) is 14.6. The Labute approximate surface area is 172 Å². The summed E-state index contributed by atoms with van der Waals surface area (Å²) in [7, 11) is 0. The first kappa shape index (κ1) is 19.9. The molecule has 142 valence electrons. The molecule has 27 heavy (non-hydrogen) atoms. The van der Waals surface area contributed by atoms with Gasteiger partial charge in [0.1, 0.15) is 10.8 Å². The summed E-state index contributed by atoms with van der Waals surface area (Å²) >= 11 is 18.0. The lowest BCUT2D eigenvalue weighted by atomic mass is 9.95. The molecule has 0 aliphatic heterocycles. The Balaban J connectivity index is 1.75. The molecule has 5 nitrogen and oxygen atoms in total. The van der Waals surface area contributed by atoms with E-state index in [2.05, 4.69) is 15.6 Å². The zero-order chi connectivity index (χ0) is 19.4. The van der Waals surface area contributed by atoms with Crippen LogP contribution in [-0.4, -0.2) is 22.8 Å². The molecule has 0 saturated heterocycles. The lowest BCUT2D eigenvalue weighted by Crippen LogP contribution is -2.36. The minimum absolute atomic E-state index is 0.00678. The average Bonchev–Trinajstić information content (AvgIpc) is 2.66. The van der Waals surface area contributed by atoms with Gasteiger partial charge in [-0.1, -0.05) is 54.1 Å². The molecule has 1 saturated carbocycles. The fourth-order valence-corrected chi connectivity index (χ4v) is 3.60. The first-order chi connectivity index (χ1) is 12.9. The lowest BCUT2D eigenvalue weighted by molar-refractivity contribution is 0.0926. The van der Waals surface area contributed by atoms with Crippen molar-refractivity contribution in [1.29, 1.82) is 0 Å². The van der Waals surface area contributed by atoms with E-state index in [0.29, 0.717) is 16.3 Å². The minimum atomic E-state index is -0.525. The number of rotatable bonds is 4. The summed E-state index contributed by atoms with van der Waals surface area (Å²) < 4.78 is 0. The molecule has 1 heterocycles.